The van der Waals surface area contributed by atoms with Gasteiger partial charge in [-0.3, -0.25) is 9.59 Å². The summed E-state index contributed by atoms with van der Waals surface area (Å²) in [6.07, 6.45) is 3.24. The Morgan fingerprint density at radius 2 is 1.44 bits per heavy atom. The third-order valence-electron chi connectivity index (χ3n) is 3.92. The van der Waals surface area contributed by atoms with E-state index in [4.69, 9.17) is 0 Å². The number of hydrogen-bond donors (Lipinski definition) is 2. The van der Waals surface area contributed by atoms with Crippen molar-refractivity contribution in [2.45, 2.75) is 6.92 Å². The van der Waals surface area contributed by atoms with E-state index in [0.29, 0.717) is 16.9 Å². The molecule has 0 heterocycles. The number of hydrogen-bond acceptors (Lipinski definition) is 2. The van der Waals surface area contributed by atoms with E-state index in [1.54, 1.807) is 36.4 Å². The van der Waals surface area contributed by atoms with Crippen LogP contribution in [0.15, 0.2) is 84.9 Å². The van der Waals surface area contributed by atoms with Crippen LogP contribution in [-0.4, -0.2) is 11.8 Å². The first-order valence-corrected chi connectivity index (χ1v) is 8.62. The highest BCUT2D eigenvalue weighted by molar-refractivity contribution is 6.05. The molecule has 0 aromatic heterocycles. The summed E-state index contributed by atoms with van der Waals surface area (Å²) in [7, 11) is 0. The molecule has 3 aromatic carbocycles. The van der Waals surface area contributed by atoms with Crippen LogP contribution in [0.2, 0.25) is 0 Å². The Morgan fingerprint density at radius 3 is 2.11 bits per heavy atom. The number of nitrogens with one attached hydrogen (secondary N) is 2. The number of anilines is 2. The molecule has 0 unspecified atom stereocenters. The molecular formula is C23H20N2O2. The molecule has 27 heavy (non-hydrogen) atoms. The Morgan fingerprint density at radius 1 is 0.778 bits per heavy atom. The molecular weight excluding hydrogens is 336 g/mol. The highest BCUT2D eigenvalue weighted by Gasteiger charge is 2.06. The third kappa shape index (κ3) is 5.41. The van der Waals surface area contributed by atoms with Crippen LogP contribution >= 0.6 is 0 Å². The molecule has 3 aromatic rings. The molecule has 3 rings (SSSR count). The van der Waals surface area contributed by atoms with Crippen LogP contribution in [0.1, 0.15) is 21.5 Å². The Labute approximate surface area is 158 Å². The number of carbonyl (C=O) groups is 2. The van der Waals surface area contributed by atoms with Gasteiger partial charge in [0.1, 0.15) is 0 Å². The van der Waals surface area contributed by atoms with Crippen LogP contribution in [0.4, 0.5) is 11.4 Å². The largest absolute Gasteiger partial charge is 0.323 e. The molecule has 0 spiro atoms. The van der Waals surface area contributed by atoms with E-state index in [0.717, 1.165) is 11.1 Å². The van der Waals surface area contributed by atoms with Crippen molar-refractivity contribution in [2.75, 3.05) is 10.6 Å². The van der Waals surface area contributed by atoms with E-state index in [1.807, 2.05) is 55.5 Å². The van der Waals surface area contributed by atoms with Gasteiger partial charge in [0.2, 0.25) is 5.91 Å². The number of amides is 2. The Hall–Kier alpha value is -3.66. The van der Waals surface area contributed by atoms with Crippen LogP contribution in [0.3, 0.4) is 0 Å². The molecule has 2 amide bonds. The Bertz CT molecular complexity index is 961. The first kappa shape index (κ1) is 18.1. The summed E-state index contributed by atoms with van der Waals surface area (Å²) in [6.45, 7) is 1.94. The topological polar surface area (TPSA) is 58.2 Å². The van der Waals surface area contributed by atoms with E-state index in [9.17, 15) is 9.59 Å². The monoisotopic (exact) mass is 356 g/mol. The van der Waals surface area contributed by atoms with Crippen molar-refractivity contribution in [1.82, 2.24) is 0 Å². The van der Waals surface area contributed by atoms with Gasteiger partial charge in [-0.2, -0.15) is 0 Å². The van der Waals surface area contributed by atoms with Gasteiger partial charge in [0.25, 0.3) is 5.91 Å². The smallest absolute Gasteiger partial charge is 0.255 e. The van der Waals surface area contributed by atoms with Crippen molar-refractivity contribution < 1.29 is 9.59 Å². The van der Waals surface area contributed by atoms with Crippen molar-refractivity contribution in [3.8, 4) is 0 Å². The second-order valence-corrected chi connectivity index (χ2v) is 6.13. The quantitative estimate of drug-likeness (QED) is 0.639. The lowest BCUT2D eigenvalue weighted by Gasteiger charge is -2.07. The van der Waals surface area contributed by atoms with E-state index in [1.165, 1.54) is 6.08 Å². The van der Waals surface area contributed by atoms with Gasteiger partial charge in [-0.05, 0) is 55.0 Å². The summed E-state index contributed by atoms with van der Waals surface area (Å²) >= 11 is 0. The molecule has 0 saturated heterocycles. The highest BCUT2D eigenvalue weighted by Crippen LogP contribution is 2.15. The van der Waals surface area contributed by atoms with Crippen LogP contribution in [0, 0.1) is 6.92 Å². The number of rotatable bonds is 5. The predicted octanol–water partition coefficient (Wildman–Crippen LogP) is 4.90. The second kappa shape index (κ2) is 8.63. The first-order valence-electron chi connectivity index (χ1n) is 8.62. The van der Waals surface area contributed by atoms with Crippen molar-refractivity contribution in [3.63, 3.8) is 0 Å². The van der Waals surface area contributed by atoms with Crippen molar-refractivity contribution in [1.29, 1.82) is 0 Å². The lowest BCUT2D eigenvalue weighted by Crippen LogP contribution is -2.12. The van der Waals surface area contributed by atoms with Gasteiger partial charge in [0, 0.05) is 23.0 Å². The SMILES string of the molecule is Cc1cccc(C(=O)Nc2ccc(NC(=O)/C=C\c3ccccc3)cc2)c1. The standard InChI is InChI=1S/C23H20N2O2/c1-17-6-5-9-19(16-17)23(27)25-21-13-11-20(12-14-21)24-22(26)15-10-18-7-3-2-4-8-18/h2-16H,1H3,(H,24,26)(H,25,27)/b15-10-. The molecule has 0 atom stereocenters. The minimum absolute atomic E-state index is 0.165. The summed E-state index contributed by atoms with van der Waals surface area (Å²) in [5.74, 6) is -0.378. The molecule has 0 radical (unpaired) electrons. The van der Waals surface area contributed by atoms with E-state index < -0.39 is 0 Å². The summed E-state index contributed by atoms with van der Waals surface area (Å²) in [5.41, 5.74) is 3.93. The maximum absolute atomic E-state index is 12.3. The van der Waals surface area contributed by atoms with Gasteiger partial charge >= 0.3 is 0 Å². The Balaban J connectivity index is 1.57. The molecule has 0 fully saturated rings. The predicted molar refractivity (Wildman–Crippen MR) is 110 cm³/mol. The molecule has 0 aliphatic rings. The molecule has 0 aliphatic heterocycles. The minimum Gasteiger partial charge on any atom is -0.323 e. The van der Waals surface area contributed by atoms with Crippen LogP contribution in [0.25, 0.3) is 6.08 Å². The second-order valence-electron chi connectivity index (χ2n) is 6.13. The fourth-order valence-corrected chi connectivity index (χ4v) is 2.55. The maximum atomic E-state index is 12.3. The average molecular weight is 356 g/mol. The third-order valence-corrected chi connectivity index (χ3v) is 3.92. The van der Waals surface area contributed by atoms with Gasteiger partial charge < -0.3 is 10.6 Å². The first-order chi connectivity index (χ1) is 13.1. The van der Waals surface area contributed by atoms with Crippen LogP contribution < -0.4 is 10.6 Å². The van der Waals surface area contributed by atoms with Crippen molar-refractivity contribution >= 4 is 29.3 Å². The number of aryl methyl sites for hydroxylation is 1. The fraction of sp³-hybridized carbons (Fsp3) is 0.0435. The van der Waals surface area contributed by atoms with Crippen LogP contribution in [0.5, 0.6) is 0 Å². The molecule has 4 heteroatoms. The molecule has 0 bridgehead atoms. The van der Waals surface area contributed by atoms with Crippen molar-refractivity contribution in [3.05, 3.63) is 102 Å². The summed E-state index contributed by atoms with van der Waals surface area (Å²) in [4.78, 5) is 24.3. The Kier molecular flexibility index (Phi) is 5.80. The highest BCUT2D eigenvalue weighted by atomic mass is 16.2. The average Bonchev–Trinajstić information content (AvgIpc) is 2.69. The van der Waals surface area contributed by atoms with Crippen LogP contribution in [-0.2, 0) is 4.79 Å². The van der Waals surface area contributed by atoms with Gasteiger partial charge in [-0.15, -0.1) is 0 Å². The molecule has 2 N–H and O–H groups in total. The van der Waals surface area contributed by atoms with E-state index >= 15 is 0 Å². The molecule has 0 saturated carbocycles. The molecule has 0 aliphatic carbocycles. The summed E-state index contributed by atoms with van der Waals surface area (Å²) in [6, 6.07) is 24.0. The maximum Gasteiger partial charge on any atom is 0.255 e. The number of benzene rings is 3. The summed E-state index contributed by atoms with van der Waals surface area (Å²) in [5, 5.41) is 5.64. The fourth-order valence-electron chi connectivity index (χ4n) is 2.55. The zero-order chi connectivity index (χ0) is 19.1. The van der Waals surface area contributed by atoms with E-state index in [-0.39, 0.29) is 11.8 Å². The lowest BCUT2D eigenvalue weighted by atomic mass is 10.1. The normalized spacial score (nSPS) is 10.6. The van der Waals surface area contributed by atoms with Gasteiger partial charge in [-0.25, -0.2) is 0 Å². The van der Waals surface area contributed by atoms with Gasteiger partial charge in [0.15, 0.2) is 0 Å². The zero-order valence-corrected chi connectivity index (χ0v) is 15.0. The summed E-state index contributed by atoms with van der Waals surface area (Å²) < 4.78 is 0. The van der Waals surface area contributed by atoms with Crippen molar-refractivity contribution in [2.24, 2.45) is 0 Å². The lowest BCUT2D eigenvalue weighted by molar-refractivity contribution is -0.111. The zero-order valence-electron chi connectivity index (χ0n) is 15.0. The van der Waals surface area contributed by atoms with E-state index in [2.05, 4.69) is 10.6 Å². The number of carbonyl (C=O) groups excluding carboxylic acids is 2. The van der Waals surface area contributed by atoms with Gasteiger partial charge in [0.05, 0.1) is 0 Å². The van der Waals surface area contributed by atoms with Gasteiger partial charge in [-0.1, -0.05) is 48.0 Å². The minimum atomic E-state index is -0.213. The molecule has 4 nitrogen and oxygen atoms in total. The molecule has 134 valence electrons.